The lowest BCUT2D eigenvalue weighted by Crippen LogP contribution is -2.34. The molecule has 0 aromatic rings. The molecular weight excluding hydrogens is 300 g/mol. The van der Waals surface area contributed by atoms with E-state index in [9.17, 15) is 21.6 Å². The second-order valence-corrected chi connectivity index (χ2v) is 7.71. The largest absolute Gasteiger partial charge is 0.466 e. The van der Waals surface area contributed by atoms with Crippen LogP contribution in [0, 0.1) is 11.8 Å². The van der Waals surface area contributed by atoms with E-state index in [0.29, 0.717) is 0 Å². The predicted molar refractivity (Wildman–Crippen MR) is 66.5 cm³/mol. The number of rotatable bonds is 7. The molecule has 0 saturated heterocycles. The van der Waals surface area contributed by atoms with Crippen LogP contribution < -0.4 is 0 Å². The molecule has 0 rings (SSSR count). The number of hydrogen-bond donors (Lipinski definition) is 2. The third-order valence-corrected chi connectivity index (χ3v) is 5.91. The molecule has 0 aromatic heterocycles. The van der Waals surface area contributed by atoms with Gasteiger partial charge in [-0.3, -0.25) is 13.9 Å². The zero-order valence-corrected chi connectivity index (χ0v) is 12.4. The first-order chi connectivity index (χ1) is 8.41. The molecule has 2 unspecified atom stereocenters. The van der Waals surface area contributed by atoms with E-state index in [1.54, 1.807) is 6.92 Å². The molecule has 0 spiro atoms. The van der Waals surface area contributed by atoms with Gasteiger partial charge in [-0.1, -0.05) is 13.8 Å². The van der Waals surface area contributed by atoms with Crippen molar-refractivity contribution in [3.63, 3.8) is 0 Å². The minimum absolute atomic E-state index is 0.135. The van der Waals surface area contributed by atoms with Gasteiger partial charge in [-0.2, -0.15) is 16.8 Å². The van der Waals surface area contributed by atoms with Gasteiger partial charge in [0.2, 0.25) is 4.58 Å². The minimum Gasteiger partial charge on any atom is -0.466 e. The smallest absolute Gasteiger partial charge is 0.308 e. The molecule has 0 aliphatic heterocycles. The maximum absolute atomic E-state index is 11.4. The summed E-state index contributed by atoms with van der Waals surface area (Å²) in [6.45, 7) is 4.59. The molecule has 114 valence electrons. The van der Waals surface area contributed by atoms with Crippen molar-refractivity contribution < 1.29 is 35.5 Å². The summed E-state index contributed by atoms with van der Waals surface area (Å²) >= 11 is 0. The molecule has 0 fully saturated rings. The molecule has 0 aromatic carbocycles. The van der Waals surface area contributed by atoms with E-state index in [4.69, 9.17) is 13.8 Å². The van der Waals surface area contributed by atoms with Crippen LogP contribution in [0.15, 0.2) is 0 Å². The Morgan fingerprint density at radius 2 is 1.53 bits per heavy atom. The SMILES string of the molecule is CCOC(=O)C(C)C(C)CC(S(=O)(=O)O)S(=O)(=O)O. The van der Waals surface area contributed by atoms with Crippen LogP contribution in [-0.4, -0.2) is 43.1 Å². The Hall–Kier alpha value is -0.710. The Morgan fingerprint density at radius 3 is 1.84 bits per heavy atom. The van der Waals surface area contributed by atoms with Crippen molar-refractivity contribution in [2.75, 3.05) is 6.61 Å². The van der Waals surface area contributed by atoms with E-state index in [1.807, 2.05) is 0 Å². The summed E-state index contributed by atoms with van der Waals surface area (Å²) in [7, 11) is -9.96. The first kappa shape index (κ1) is 18.3. The van der Waals surface area contributed by atoms with E-state index >= 15 is 0 Å². The van der Waals surface area contributed by atoms with Gasteiger partial charge < -0.3 is 4.74 Å². The Kier molecular flexibility index (Phi) is 6.39. The summed E-state index contributed by atoms with van der Waals surface area (Å²) in [5, 5.41) is 0. The standard InChI is InChI=1S/C9H18O8S2/c1-4-17-9(10)7(3)6(2)5-8(18(11,12)13)19(14,15)16/h6-8H,4-5H2,1-3H3,(H,11,12,13)(H,14,15,16). The Morgan fingerprint density at radius 1 is 1.11 bits per heavy atom. The maximum atomic E-state index is 11.4. The normalized spacial score (nSPS) is 16.1. The van der Waals surface area contributed by atoms with Gasteiger partial charge in [-0.05, 0) is 19.3 Å². The van der Waals surface area contributed by atoms with Gasteiger partial charge in [0.25, 0.3) is 20.2 Å². The van der Waals surface area contributed by atoms with E-state index in [0.717, 1.165) is 0 Å². The zero-order chi connectivity index (χ0) is 15.4. The van der Waals surface area contributed by atoms with Crippen LogP contribution in [0.3, 0.4) is 0 Å². The summed E-state index contributed by atoms with van der Waals surface area (Å²) in [5.74, 6) is -2.11. The first-order valence-corrected chi connectivity index (χ1v) is 8.51. The molecule has 8 nitrogen and oxygen atoms in total. The quantitative estimate of drug-likeness (QED) is 0.506. The van der Waals surface area contributed by atoms with Gasteiger partial charge in [0.05, 0.1) is 12.5 Å². The predicted octanol–water partition coefficient (Wildman–Crippen LogP) is 0.314. The highest BCUT2D eigenvalue weighted by Crippen LogP contribution is 2.24. The van der Waals surface area contributed by atoms with Crippen LogP contribution in [0.2, 0.25) is 0 Å². The van der Waals surface area contributed by atoms with Gasteiger partial charge in [0, 0.05) is 0 Å². The summed E-state index contributed by atoms with van der Waals surface area (Å²) in [5.41, 5.74) is 0. The Balaban J connectivity index is 5.04. The molecular formula is C9H18O8S2. The van der Waals surface area contributed by atoms with Crippen LogP contribution in [-0.2, 0) is 29.8 Å². The lowest BCUT2D eigenvalue weighted by atomic mass is 9.94. The minimum atomic E-state index is -4.98. The van der Waals surface area contributed by atoms with Gasteiger partial charge in [0.1, 0.15) is 0 Å². The van der Waals surface area contributed by atoms with Crippen LogP contribution >= 0.6 is 0 Å². The highest BCUT2D eigenvalue weighted by molar-refractivity contribution is 8.03. The van der Waals surface area contributed by atoms with Crippen molar-refractivity contribution in [3.05, 3.63) is 0 Å². The highest BCUT2D eigenvalue weighted by Gasteiger charge is 2.38. The van der Waals surface area contributed by atoms with Crippen molar-refractivity contribution in [2.24, 2.45) is 11.8 Å². The molecule has 0 aliphatic rings. The maximum Gasteiger partial charge on any atom is 0.308 e. The summed E-state index contributed by atoms with van der Waals surface area (Å²) < 4.78 is 63.7. The lowest BCUT2D eigenvalue weighted by molar-refractivity contribution is -0.149. The molecule has 10 heteroatoms. The summed E-state index contributed by atoms with van der Waals surface area (Å²) in [4.78, 5) is 11.4. The van der Waals surface area contributed by atoms with E-state index in [-0.39, 0.29) is 6.61 Å². The van der Waals surface area contributed by atoms with E-state index in [2.05, 4.69) is 0 Å². The number of carbonyl (C=O) groups is 1. The van der Waals surface area contributed by atoms with Gasteiger partial charge in [-0.25, -0.2) is 0 Å². The summed E-state index contributed by atoms with van der Waals surface area (Å²) in [6, 6.07) is 0. The van der Waals surface area contributed by atoms with Gasteiger partial charge in [-0.15, -0.1) is 0 Å². The van der Waals surface area contributed by atoms with Crippen molar-refractivity contribution in [2.45, 2.75) is 31.8 Å². The van der Waals surface area contributed by atoms with Crippen molar-refractivity contribution in [1.29, 1.82) is 0 Å². The number of ether oxygens (including phenoxy) is 1. The monoisotopic (exact) mass is 318 g/mol. The van der Waals surface area contributed by atoms with Gasteiger partial charge in [0.15, 0.2) is 0 Å². The Bertz CT molecular complexity index is 474. The third kappa shape index (κ3) is 5.85. The van der Waals surface area contributed by atoms with E-state index in [1.165, 1.54) is 13.8 Å². The van der Waals surface area contributed by atoms with Crippen LogP contribution in [0.1, 0.15) is 27.2 Å². The number of esters is 1. The molecule has 2 atom stereocenters. The highest BCUT2D eigenvalue weighted by atomic mass is 32.3. The fourth-order valence-corrected chi connectivity index (χ4v) is 3.73. The fraction of sp³-hybridized carbons (Fsp3) is 0.889. The van der Waals surface area contributed by atoms with Crippen LogP contribution in [0.5, 0.6) is 0 Å². The van der Waals surface area contributed by atoms with Crippen molar-refractivity contribution >= 4 is 26.2 Å². The fourth-order valence-electron chi connectivity index (χ4n) is 1.41. The summed E-state index contributed by atoms with van der Waals surface area (Å²) in [6.07, 6.45) is -0.613. The molecule has 0 saturated carbocycles. The van der Waals surface area contributed by atoms with E-state index < -0.39 is 49.0 Å². The molecule has 19 heavy (non-hydrogen) atoms. The molecule has 0 amide bonds. The average molecular weight is 318 g/mol. The first-order valence-electron chi connectivity index (χ1n) is 5.50. The topological polar surface area (TPSA) is 135 Å². The van der Waals surface area contributed by atoms with Crippen LogP contribution in [0.25, 0.3) is 0 Å². The molecule has 0 heterocycles. The molecule has 0 radical (unpaired) electrons. The Labute approximate surface area is 112 Å². The molecule has 0 bridgehead atoms. The zero-order valence-electron chi connectivity index (χ0n) is 10.8. The second-order valence-electron chi connectivity index (χ2n) is 4.21. The van der Waals surface area contributed by atoms with Crippen LogP contribution in [0.4, 0.5) is 0 Å². The number of carbonyl (C=O) groups excluding carboxylic acids is 1. The molecule has 2 N–H and O–H groups in total. The number of hydrogen-bond acceptors (Lipinski definition) is 6. The third-order valence-electron chi connectivity index (χ3n) is 2.74. The second kappa shape index (κ2) is 6.64. The average Bonchev–Trinajstić information content (AvgIpc) is 2.21. The molecule has 0 aliphatic carbocycles. The lowest BCUT2D eigenvalue weighted by Gasteiger charge is -2.21. The van der Waals surface area contributed by atoms with Crippen molar-refractivity contribution in [1.82, 2.24) is 0 Å². The van der Waals surface area contributed by atoms with Gasteiger partial charge >= 0.3 is 5.97 Å². The van der Waals surface area contributed by atoms with Crippen molar-refractivity contribution in [3.8, 4) is 0 Å².